The molecule has 1 spiro atoms. The number of nitrogens with zero attached hydrogens (tertiary/aromatic N) is 1. The van der Waals surface area contributed by atoms with Gasteiger partial charge in [0.25, 0.3) is 0 Å². The highest BCUT2D eigenvalue weighted by Crippen LogP contribution is 2.67. The lowest BCUT2D eigenvalue weighted by molar-refractivity contribution is -0.285. The molecule has 1 heterocycles. The molecule has 1 aliphatic heterocycles. The van der Waals surface area contributed by atoms with E-state index >= 15 is 0 Å². The number of hydrogen-bond donors (Lipinski definition) is 0. The van der Waals surface area contributed by atoms with Crippen molar-refractivity contribution in [1.29, 1.82) is 5.26 Å². The molecule has 4 bridgehead atoms. The van der Waals surface area contributed by atoms with Gasteiger partial charge in [-0.05, 0) is 49.9 Å². The minimum atomic E-state index is -0.108. The Morgan fingerprint density at radius 2 is 1.75 bits per heavy atom. The van der Waals surface area contributed by atoms with Crippen LogP contribution >= 0.6 is 15.9 Å². The van der Waals surface area contributed by atoms with Crippen LogP contribution in [0.25, 0.3) is 0 Å². The summed E-state index contributed by atoms with van der Waals surface area (Å²) in [4.78, 5) is 0. The summed E-state index contributed by atoms with van der Waals surface area (Å²) in [7, 11) is 0. The summed E-state index contributed by atoms with van der Waals surface area (Å²) in [5, 5.41) is 8.89. The Hall–Kier alpha value is -0.0700. The largest absolute Gasteiger partial charge is 0.356 e. The van der Waals surface area contributed by atoms with Crippen molar-refractivity contribution in [1.82, 2.24) is 0 Å². The molecule has 3 heteroatoms. The molecule has 5 rings (SSSR count). The van der Waals surface area contributed by atoms with Crippen LogP contribution in [0.2, 0.25) is 0 Å². The maximum absolute atomic E-state index is 8.89. The van der Waals surface area contributed by atoms with Gasteiger partial charge in [-0.2, -0.15) is 5.26 Å². The molecule has 5 aliphatic rings. The van der Waals surface area contributed by atoms with E-state index in [-0.39, 0.29) is 11.7 Å². The smallest absolute Gasteiger partial charge is 0.147 e. The van der Waals surface area contributed by atoms with Crippen molar-refractivity contribution < 1.29 is 4.74 Å². The average Bonchev–Trinajstić information content (AvgIpc) is 2.12. The minimum absolute atomic E-state index is 0.108. The van der Waals surface area contributed by atoms with Gasteiger partial charge in [0.1, 0.15) is 6.10 Å². The van der Waals surface area contributed by atoms with Gasteiger partial charge in [-0.25, -0.2) is 0 Å². The number of nitriles is 1. The lowest BCUT2D eigenvalue weighted by Crippen LogP contribution is -2.69. The van der Waals surface area contributed by atoms with E-state index in [1.54, 1.807) is 0 Å². The highest BCUT2D eigenvalue weighted by atomic mass is 79.9. The second-order valence-electron chi connectivity index (χ2n) is 6.39. The molecule has 2 nitrogen and oxygen atoms in total. The first-order chi connectivity index (χ1) is 7.63. The van der Waals surface area contributed by atoms with Gasteiger partial charge in [-0.15, -0.1) is 0 Å². The van der Waals surface area contributed by atoms with Gasteiger partial charge in [-0.3, -0.25) is 0 Å². The number of ether oxygens (including phenoxy) is 1. The molecule has 4 aliphatic carbocycles. The Balaban J connectivity index is 1.66. The highest BCUT2D eigenvalue weighted by Gasteiger charge is 2.66. The first-order valence-electron chi connectivity index (χ1n) is 6.40. The van der Waals surface area contributed by atoms with E-state index in [0.717, 1.165) is 24.2 Å². The topological polar surface area (TPSA) is 33.0 Å². The summed E-state index contributed by atoms with van der Waals surface area (Å²) in [5.41, 5.74) is 0.120. The fraction of sp³-hybridized carbons (Fsp3) is 0.923. The van der Waals surface area contributed by atoms with Gasteiger partial charge in [0, 0.05) is 10.7 Å². The Labute approximate surface area is 104 Å². The molecule has 4 saturated carbocycles. The second kappa shape index (κ2) is 2.84. The van der Waals surface area contributed by atoms with Crippen molar-refractivity contribution in [3.63, 3.8) is 0 Å². The van der Waals surface area contributed by atoms with E-state index < -0.39 is 0 Å². The van der Waals surface area contributed by atoms with E-state index in [2.05, 4.69) is 22.0 Å². The zero-order valence-electron chi connectivity index (χ0n) is 9.29. The summed E-state index contributed by atoms with van der Waals surface area (Å²) >= 11 is 3.97. The fourth-order valence-corrected chi connectivity index (χ4v) is 6.34. The quantitative estimate of drug-likeness (QED) is 0.640. The van der Waals surface area contributed by atoms with Gasteiger partial charge in [0.2, 0.25) is 0 Å². The maximum Gasteiger partial charge on any atom is 0.147 e. The van der Waals surface area contributed by atoms with Crippen LogP contribution < -0.4 is 0 Å². The summed E-state index contributed by atoms with van der Waals surface area (Å²) in [5.74, 6) is 2.37. The Kier molecular flexibility index (Phi) is 1.76. The number of halogens is 1. The molecule has 0 N–H and O–H groups in total. The summed E-state index contributed by atoms with van der Waals surface area (Å²) < 4.78 is 6.44. The normalized spacial score (nSPS) is 62.0. The van der Waals surface area contributed by atoms with Crippen molar-refractivity contribution in [3.05, 3.63) is 0 Å². The Bertz CT molecular complexity index is 364. The summed E-state index contributed by atoms with van der Waals surface area (Å²) in [6.07, 6.45) is 7.52. The second-order valence-corrected chi connectivity index (χ2v) is 8.07. The van der Waals surface area contributed by atoms with Gasteiger partial charge in [-0.1, -0.05) is 15.9 Å². The summed E-state index contributed by atoms with van der Waals surface area (Å²) in [6, 6.07) is 2.26. The van der Waals surface area contributed by atoms with E-state index in [9.17, 15) is 0 Å². The lowest BCUT2D eigenvalue weighted by atomic mass is 9.47. The van der Waals surface area contributed by atoms with Crippen LogP contribution in [0.4, 0.5) is 0 Å². The van der Waals surface area contributed by atoms with Crippen LogP contribution in [-0.2, 0) is 4.74 Å². The molecule has 86 valence electrons. The van der Waals surface area contributed by atoms with Crippen molar-refractivity contribution in [2.24, 2.45) is 17.8 Å². The van der Waals surface area contributed by atoms with E-state index in [4.69, 9.17) is 10.00 Å². The van der Waals surface area contributed by atoms with Crippen LogP contribution in [0.5, 0.6) is 0 Å². The third-order valence-electron chi connectivity index (χ3n) is 5.51. The Morgan fingerprint density at radius 1 is 1.12 bits per heavy atom. The zero-order chi connectivity index (χ0) is 11.0. The summed E-state index contributed by atoms with van der Waals surface area (Å²) in [6.45, 7) is 0. The lowest BCUT2D eigenvalue weighted by Gasteiger charge is -2.67. The van der Waals surface area contributed by atoms with Gasteiger partial charge >= 0.3 is 0 Å². The molecular weight excluding hydrogens is 266 g/mol. The zero-order valence-corrected chi connectivity index (χ0v) is 10.9. The van der Waals surface area contributed by atoms with Gasteiger partial charge in [0.15, 0.2) is 0 Å². The molecule has 0 aromatic heterocycles. The van der Waals surface area contributed by atoms with Crippen LogP contribution in [0, 0.1) is 29.1 Å². The molecule has 0 aromatic carbocycles. The molecule has 0 radical (unpaired) electrons. The fourth-order valence-electron chi connectivity index (χ4n) is 5.11. The van der Waals surface area contributed by atoms with Crippen LogP contribution in [0.1, 0.15) is 38.5 Å². The van der Waals surface area contributed by atoms with Gasteiger partial charge in [0.05, 0.1) is 11.7 Å². The molecule has 5 fully saturated rings. The molecule has 1 saturated heterocycles. The van der Waals surface area contributed by atoms with Gasteiger partial charge < -0.3 is 4.74 Å². The SMILES string of the molecule is N#CC1CC2(O1)C1CC3CC2CC(Br)(C3)C1. The monoisotopic (exact) mass is 281 g/mol. The first kappa shape index (κ1) is 9.91. The molecule has 16 heavy (non-hydrogen) atoms. The predicted octanol–water partition coefficient (Wildman–Crippen LogP) is 3.01. The van der Waals surface area contributed by atoms with Crippen molar-refractivity contribution >= 4 is 15.9 Å². The van der Waals surface area contributed by atoms with E-state index in [1.807, 2.05) is 0 Å². The molecular formula is C13H16BrNO. The third-order valence-corrected chi connectivity index (χ3v) is 6.48. The van der Waals surface area contributed by atoms with Crippen molar-refractivity contribution in [3.8, 4) is 6.07 Å². The molecule has 3 atom stereocenters. The highest BCUT2D eigenvalue weighted by molar-refractivity contribution is 9.10. The minimum Gasteiger partial charge on any atom is -0.356 e. The molecule has 3 unspecified atom stereocenters. The molecule has 0 aromatic rings. The average molecular weight is 282 g/mol. The van der Waals surface area contributed by atoms with E-state index in [1.165, 1.54) is 32.1 Å². The van der Waals surface area contributed by atoms with E-state index in [0.29, 0.717) is 4.32 Å². The van der Waals surface area contributed by atoms with Crippen LogP contribution in [-0.4, -0.2) is 16.0 Å². The van der Waals surface area contributed by atoms with Crippen molar-refractivity contribution in [2.75, 3.05) is 0 Å². The van der Waals surface area contributed by atoms with Crippen molar-refractivity contribution in [2.45, 2.75) is 54.6 Å². The maximum atomic E-state index is 8.89. The molecule has 0 amide bonds. The predicted molar refractivity (Wildman–Crippen MR) is 63.0 cm³/mol. The standard InChI is InChI=1S/C13H16BrNO/c14-12-3-8-1-9(4-12)13(10(2-8)5-12)6-11(7-15)16-13/h8-11H,1-6H2. The third kappa shape index (κ3) is 1.06. The van der Waals surface area contributed by atoms with Crippen LogP contribution in [0.3, 0.4) is 0 Å². The number of rotatable bonds is 0. The number of hydrogen-bond acceptors (Lipinski definition) is 2. The number of alkyl halides is 1. The first-order valence-corrected chi connectivity index (χ1v) is 7.19. The Morgan fingerprint density at radius 3 is 2.25 bits per heavy atom. The van der Waals surface area contributed by atoms with Crippen LogP contribution in [0.15, 0.2) is 0 Å².